The van der Waals surface area contributed by atoms with Gasteiger partial charge in [-0.05, 0) is 49.0 Å². The lowest BCUT2D eigenvalue weighted by Gasteiger charge is -2.08. The van der Waals surface area contributed by atoms with Crippen LogP contribution in [0.25, 0.3) is 11.3 Å². The number of hydrogen-bond donors (Lipinski definition) is 2. The number of aromatic amines is 1. The smallest absolute Gasteiger partial charge is 0.214 e. The van der Waals surface area contributed by atoms with Crippen LogP contribution in [0, 0.1) is 4.77 Å². The molecule has 0 radical (unpaired) electrons. The van der Waals surface area contributed by atoms with E-state index in [0.29, 0.717) is 16.3 Å². The maximum absolute atomic E-state index is 6.27. The summed E-state index contributed by atoms with van der Waals surface area (Å²) in [6.07, 6.45) is 1.84. The summed E-state index contributed by atoms with van der Waals surface area (Å²) in [5, 5.41) is 7.66. The Balaban J connectivity index is 1.75. The lowest BCUT2D eigenvalue weighted by Crippen LogP contribution is -2.17. The SMILES string of the molecule is CCCc1n[nH]c(=S)n1NCc1ccc(-c2ccc(Br)cc2Cl)o1. The van der Waals surface area contributed by atoms with Gasteiger partial charge in [-0.25, -0.2) is 4.68 Å². The van der Waals surface area contributed by atoms with Gasteiger partial charge in [-0.15, -0.1) is 0 Å². The Morgan fingerprint density at radius 3 is 2.96 bits per heavy atom. The third-order valence-electron chi connectivity index (χ3n) is 3.49. The highest BCUT2D eigenvalue weighted by Gasteiger charge is 2.10. The van der Waals surface area contributed by atoms with Crippen molar-refractivity contribution < 1.29 is 4.42 Å². The van der Waals surface area contributed by atoms with Gasteiger partial charge in [-0.3, -0.25) is 5.10 Å². The first-order valence-electron chi connectivity index (χ1n) is 7.52. The van der Waals surface area contributed by atoms with E-state index in [9.17, 15) is 0 Å². The predicted molar refractivity (Wildman–Crippen MR) is 101 cm³/mol. The van der Waals surface area contributed by atoms with Gasteiger partial charge in [0.2, 0.25) is 4.77 Å². The molecule has 2 aromatic heterocycles. The van der Waals surface area contributed by atoms with Gasteiger partial charge in [-0.2, -0.15) is 5.10 Å². The number of halogens is 2. The van der Waals surface area contributed by atoms with Crippen molar-refractivity contribution in [3.63, 3.8) is 0 Å². The molecule has 0 saturated heterocycles. The van der Waals surface area contributed by atoms with Crippen LogP contribution >= 0.6 is 39.7 Å². The zero-order valence-corrected chi connectivity index (χ0v) is 16.1. The summed E-state index contributed by atoms with van der Waals surface area (Å²) in [6, 6.07) is 9.54. The van der Waals surface area contributed by atoms with Gasteiger partial charge in [0.15, 0.2) is 5.82 Å². The van der Waals surface area contributed by atoms with E-state index in [0.717, 1.165) is 40.2 Å². The fourth-order valence-electron chi connectivity index (χ4n) is 2.35. The summed E-state index contributed by atoms with van der Waals surface area (Å²) in [4.78, 5) is 0. The van der Waals surface area contributed by atoms with Gasteiger partial charge in [-0.1, -0.05) is 34.5 Å². The molecule has 0 aliphatic heterocycles. The van der Waals surface area contributed by atoms with Crippen LogP contribution in [0.1, 0.15) is 24.9 Å². The molecule has 24 heavy (non-hydrogen) atoms. The van der Waals surface area contributed by atoms with E-state index in [1.807, 2.05) is 30.3 Å². The first-order chi connectivity index (χ1) is 11.6. The second-order valence-electron chi connectivity index (χ2n) is 5.26. The molecule has 8 heteroatoms. The summed E-state index contributed by atoms with van der Waals surface area (Å²) in [6.45, 7) is 2.60. The molecule has 0 saturated carbocycles. The fraction of sp³-hybridized carbons (Fsp3) is 0.250. The third kappa shape index (κ3) is 3.74. The van der Waals surface area contributed by atoms with Gasteiger partial charge >= 0.3 is 0 Å². The number of H-pyrrole nitrogens is 1. The van der Waals surface area contributed by atoms with Crippen LogP contribution in [0.2, 0.25) is 5.02 Å². The van der Waals surface area contributed by atoms with Crippen LogP contribution in [0.3, 0.4) is 0 Å². The van der Waals surface area contributed by atoms with Crippen LogP contribution in [0.4, 0.5) is 0 Å². The van der Waals surface area contributed by atoms with Crippen molar-refractivity contribution in [2.45, 2.75) is 26.3 Å². The molecule has 3 aromatic rings. The average Bonchev–Trinajstić information content (AvgIpc) is 3.13. The van der Waals surface area contributed by atoms with Crippen molar-refractivity contribution in [2.75, 3.05) is 5.43 Å². The van der Waals surface area contributed by atoms with E-state index in [2.05, 4.69) is 38.5 Å². The van der Waals surface area contributed by atoms with E-state index in [1.54, 1.807) is 4.68 Å². The summed E-state index contributed by atoms with van der Waals surface area (Å²) >= 11 is 14.9. The molecule has 1 aromatic carbocycles. The molecule has 126 valence electrons. The maximum Gasteiger partial charge on any atom is 0.214 e. The van der Waals surface area contributed by atoms with Crippen LogP contribution in [0.15, 0.2) is 39.2 Å². The number of rotatable bonds is 6. The largest absolute Gasteiger partial charge is 0.459 e. The van der Waals surface area contributed by atoms with E-state index in [-0.39, 0.29) is 0 Å². The highest BCUT2D eigenvalue weighted by atomic mass is 79.9. The van der Waals surface area contributed by atoms with E-state index >= 15 is 0 Å². The maximum atomic E-state index is 6.27. The molecule has 0 amide bonds. The molecule has 5 nitrogen and oxygen atoms in total. The highest BCUT2D eigenvalue weighted by Crippen LogP contribution is 2.31. The number of benzene rings is 1. The minimum absolute atomic E-state index is 0.499. The Morgan fingerprint density at radius 1 is 1.38 bits per heavy atom. The number of nitrogens with zero attached hydrogens (tertiary/aromatic N) is 2. The van der Waals surface area contributed by atoms with E-state index in [1.165, 1.54) is 0 Å². The molecule has 0 fully saturated rings. The summed E-state index contributed by atoms with van der Waals surface area (Å²) in [5.41, 5.74) is 4.09. The standard InChI is InChI=1S/C16H16BrClN4OS/c1-2-3-15-20-21-16(24)22(15)19-9-11-5-7-14(23-11)12-6-4-10(17)8-13(12)18/h4-8,19H,2-3,9H2,1H3,(H,21,24). The van der Waals surface area contributed by atoms with Gasteiger partial charge in [0.1, 0.15) is 11.5 Å². The molecule has 0 spiro atoms. The van der Waals surface area contributed by atoms with Gasteiger partial charge in [0.25, 0.3) is 0 Å². The predicted octanol–water partition coefficient (Wildman–Crippen LogP) is 5.31. The Hall–Kier alpha value is -1.57. The quantitative estimate of drug-likeness (QED) is 0.523. The summed E-state index contributed by atoms with van der Waals surface area (Å²) in [7, 11) is 0. The Bertz CT molecular complexity index is 902. The topological polar surface area (TPSA) is 58.8 Å². The number of furan rings is 1. The van der Waals surface area contributed by atoms with Gasteiger partial charge in [0, 0.05) is 16.5 Å². The molecule has 0 bridgehead atoms. The lowest BCUT2D eigenvalue weighted by atomic mass is 10.2. The number of hydrogen-bond acceptors (Lipinski definition) is 4. The molecule has 0 aliphatic rings. The molecular weight excluding hydrogens is 412 g/mol. The number of aryl methyl sites for hydroxylation is 1. The first kappa shape index (κ1) is 17.3. The molecule has 0 unspecified atom stereocenters. The van der Waals surface area contributed by atoms with Gasteiger partial charge < -0.3 is 9.84 Å². The minimum atomic E-state index is 0.499. The molecule has 3 rings (SSSR count). The molecular formula is C16H16BrClN4OS. The van der Waals surface area contributed by atoms with E-state index in [4.69, 9.17) is 28.2 Å². The van der Waals surface area contributed by atoms with Crippen molar-refractivity contribution in [2.24, 2.45) is 0 Å². The Morgan fingerprint density at radius 2 is 2.21 bits per heavy atom. The Labute approximate surface area is 158 Å². The number of nitrogens with one attached hydrogen (secondary N) is 2. The van der Waals surface area contributed by atoms with Crippen molar-refractivity contribution in [1.29, 1.82) is 0 Å². The monoisotopic (exact) mass is 426 g/mol. The fourth-order valence-corrected chi connectivity index (χ4v) is 3.33. The Kier molecular flexibility index (Phi) is 5.43. The molecule has 2 heterocycles. The second-order valence-corrected chi connectivity index (χ2v) is 6.96. The van der Waals surface area contributed by atoms with Crippen LogP contribution in [0.5, 0.6) is 0 Å². The number of aromatic nitrogens is 3. The first-order valence-corrected chi connectivity index (χ1v) is 9.10. The van der Waals surface area contributed by atoms with Crippen molar-refractivity contribution >= 4 is 39.7 Å². The lowest BCUT2D eigenvalue weighted by molar-refractivity contribution is 0.520. The van der Waals surface area contributed by atoms with Crippen LogP contribution < -0.4 is 5.43 Å². The second kappa shape index (κ2) is 7.55. The highest BCUT2D eigenvalue weighted by molar-refractivity contribution is 9.10. The molecule has 2 N–H and O–H groups in total. The van der Waals surface area contributed by atoms with Gasteiger partial charge in [0.05, 0.1) is 11.6 Å². The van der Waals surface area contributed by atoms with Crippen molar-refractivity contribution in [3.05, 3.63) is 56.2 Å². The third-order valence-corrected chi connectivity index (χ3v) is 4.56. The normalized spacial score (nSPS) is 11.0. The zero-order chi connectivity index (χ0) is 17.1. The zero-order valence-electron chi connectivity index (χ0n) is 13.0. The van der Waals surface area contributed by atoms with E-state index < -0.39 is 0 Å². The summed E-state index contributed by atoms with van der Waals surface area (Å²) in [5.74, 6) is 2.40. The summed E-state index contributed by atoms with van der Waals surface area (Å²) < 4.78 is 9.15. The van der Waals surface area contributed by atoms with Crippen molar-refractivity contribution in [3.8, 4) is 11.3 Å². The average molecular weight is 428 g/mol. The molecule has 0 atom stereocenters. The van der Waals surface area contributed by atoms with Crippen LogP contribution in [-0.4, -0.2) is 14.9 Å². The molecule has 0 aliphatic carbocycles. The minimum Gasteiger partial charge on any atom is -0.459 e. The van der Waals surface area contributed by atoms with Crippen molar-refractivity contribution in [1.82, 2.24) is 14.9 Å². The van der Waals surface area contributed by atoms with Crippen LogP contribution in [-0.2, 0) is 13.0 Å².